The maximum atomic E-state index is 11.8. The van der Waals surface area contributed by atoms with Crippen molar-refractivity contribution in [3.05, 3.63) is 0 Å². The first-order valence-corrected chi connectivity index (χ1v) is 14.7. The molecule has 0 aromatic carbocycles. The molecule has 0 bridgehead atoms. The van der Waals surface area contributed by atoms with Gasteiger partial charge in [0, 0.05) is 12.8 Å². The minimum absolute atomic E-state index is 0.0220. The third-order valence-electron chi connectivity index (χ3n) is 6.48. The lowest BCUT2D eigenvalue weighted by Crippen LogP contribution is -2.11. The molecule has 0 amide bonds. The van der Waals surface area contributed by atoms with Gasteiger partial charge in [-0.3, -0.25) is 9.59 Å². The first-order chi connectivity index (χ1) is 16.3. The van der Waals surface area contributed by atoms with E-state index >= 15 is 0 Å². The van der Waals surface area contributed by atoms with E-state index in [1.54, 1.807) is 0 Å². The Bertz CT molecular complexity index is 472. The van der Waals surface area contributed by atoms with Crippen molar-refractivity contribution in [3.8, 4) is 0 Å². The molecule has 0 heterocycles. The Balaban J connectivity index is 3.38. The van der Waals surface area contributed by atoms with Gasteiger partial charge >= 0.3 is 11.9 Å². The van der Waals surface area contributed by atoms with Crippen molar-refractivity contribution in [2.45, 2.75) is 150 Å². The molecule has 4 nitrogen and oxygen atoms in total. The van der Waals surface area contributed by atoms with Crippen LogP contribution in [0.5, 0.6) is 0 Å². The summed E-state index contributed by atoms with van der Waals surface area (Å²) in [6.07, 6.45) is 21.4. The van der Waals surface area contributed by atoms with Gasteiger partial charge in [0.1, 0.15) is 0 Å². The van der Waals surface area contributed by atoms with Crippen LogP contribution in [0.1, 0.15) is 150 Å². The standard InChI is InChI=1S/C30H58O4/c1-6-28(22-23-30(32)34-25-27(4)5)20-18-16-14-12-10-8-7-9-11-13-15-17-19-21-29(31)33-24-26(2)3/h26-28H,6-25H2,1-5H3. The summed E-state index contributed by atoms with van der Waals surface area (Å²) in [5, 5.41) is 0. The first kappa shape index (κ1) is 32.9. The summed E-state index contributed by atoms with van der Waals surface area (Å²) >= 11 is 0. The zero-order valence-corrected chi connectivity index (χ0v) is 23.5. The lowest BCUT2D eigenvalue weighted by Gasteiger charge is -2.14. The van der Waals surface area contributed by atoms with Crippen LogP contribution in [0.15, 0.2) is 0 Å². The molecule has 0 spiro atoms. The van der Waals surface area contributed by atoms with E-state index in [-0.39, 0.29) is 11.9 Å². The molecule has 0 fully saturated rings. The maximum absolute atomic E-state index is 11.8. The second kappa shape index (κ2) is 23.7. The number of hydrogen-bond acceptors (Lipinski definition) is 4. The molecule has 0 aliphatic heterocycles. The molecule has 0 saturated heterocycles. The Kier molecular flexibility index (Phi) is 22.9. The molecule has 0 aromatic rings. The Morgan fingerprint density at radius 1 is 0.529 bits per heavy atom. The molecule has 4 heteroatoms. The number of rotatable bonds is 24. The Labute approximate surface area is 212 Å². The van der Waals surface area contributed by atoms with Crippen molar-refractivity contribution in [2.24, 2.45) is 17.8 Å². The number of esters is 2. The van der Waals surface area contributed by atoms with Crippen LogP contribution in [0.4, 0.5) is 0 Å². The number of unbranched alkanes of at least 4 members (excludes halogenated alkanes) is 12. The molecule has 0 N–H and O–H groups in total. The summed E-state index contributed by atoms with van der Waals surface area (Å²) < 4.78 is 10.5. The predicted octanol–water partition coefficient (Wildman–Crippen LogP) is 9.04. The zero-order valence-electron chi connectivity index (χ0n) is 23.5. The monoisotopic (exact) mass is 482 g/mol. The van der Waals surface area contributed by atoms with Crippen molar-refractivity contribution >= 4 is 11.9 Å². The van der Waals surface area contributed by atoms with Crippen molar-refractivity contribution in [2.75, 3.05) is 13.2 Å². The van der Waals surface area contributed by atoms with E-state index in [4.69, 9.17) is 9.47 Å². The van der Waals surface area contributed by atoms with Crippen LogP contribution in [-0.2, 0) is 19.1 Å². The van der Waals surface area contributed by atoms with Crippen molar-refractivity contribution in [3.63, 3.8) is 0 Å². The SMILES string of the molecule is CCC(CCCCCCCCCCCCCCCC(=O)OCC(C)C)CCC(=O)OCC(C)C. The van der Waals surface area contributed by atoms with Crippen LogP contribution in [0, 0.1) is 17.8 Å². The predicted molar refractivity (Wildman–Crippen MR) is 144 cm³/mol. The van der Waals surface area contributed by atoms with E-state index in [1.807, 2.05) is 0 Å². The summed E-state index contributed by atoms with van der Waals surface area (Å²) in [6.45, 7) is 11.6. The van der Waals surface area contributed by atoms with Gasteiger partial charge in [-0.2, -0.15) is 0 Å². The molecule has 0 aliphatic rings. The lowest BCUT2D eigenvalue weighted by atomic mass is 9.93. The number of ether oxygens (including phenoxy) is 2. The number of hydrogen-bond donors (Lipinski definition) is 0. The largest absolute Gasteiger partial charge is 0.465 e. The third-order valence-corrected chi connectivity index (χ3v) is 6.48. The lowest BCUT2D eigenvalue weighted by molar-refractivity contribution is -0.145. The van der Waals surface area contributed by atoms with Crippen molar-refractivity contribution in [1.82, 2.24) is 0 Å². The van der Waals surface area contributed by atoms with Gasteiger partial charge in [-0.15, -0.1) is 0 Å². The fraction of sp³-hybridized carbons (Fsp3) is 0.933. The average molecular weight is 483 g/mol. The normalized spacial score (nSPS) is 12.3. The average Bonchev–Trinajstić information content (AvgIpc) is 2.80. The molecular formula is C30H58O4. The van der Waals surface area contributed by atoms with Gasteiger partial charge in [-0.1, -0.05) is 125 Å². The van der Waals surface area contributed by atoms with Crippen molar-refractivity contribution < 1.29 is 19.1 Å². The topological polar surface area (TPSA) is 52.6 Å². The second-order valence-corrected chi connectivity index (χ2v) is 11.1. The third kappa shape index (κ3) is 24.1. The number of carbonyl (C=O) groups is 2. The van der Waals surface area contributed by atoms with Crippen LogP contribution in [0.3, 0.4) is 0 Å². The highest BCUT2D eigenvalue weighted by Gasteiger charge is 2.11. The fourth-order valence-electron chi connectivity index (χ4n) is 4.19. The van der Waals surface area contributed by atoms with Gasteiger partial charge in [0.25, 0.3) is 0 Å². The van der Waals surface area contributed by atoms with Crippen LogP contribution in [-0.4, -0.2) is 25.2 Å². The summed E-state index contributed by atoms with van der Waals surface area (Å²) in [5.74, 6) is 1.46. The van der Waals surface area contributed by atoms with E-state index < -0.39 is 0 Å². The van der Waals surface area contributed by atoms with E-state index in [1.165, 1.54) is 83.5 Å². The Morgan fingerprint density at radius 3 is 1.32 bits per heavy atom. The van der Waals surface area contributed by atoms with Gasteiger partial charge in [0.2, 0.25) is 0 Å². The van der Waals surface area contributed by atoms with Gasteiger partial charge in [-0.25, -0.2) is 0 Å². The van der Waals surface area contributed by atoms with E-state index in [0.29, 0.717) is 43.8 Å². The Morgan fingerprint density at radius 2 is 0.912 bits per heavy atom. The molecule has 0 aliphatic carbocycles. The first-order valence-electron chi connectivity index (χ1n) is 14.7. The van der Waals surface area contributed by atoms with Gasteiger partial charge < -0.3 is 9.47 Å². The minimum Gasteiger partial charge on any atom is -0.465 e. The van der Waals surface area contributed by atoms with Crippen LogP contribution < -0.4 is 0 Å². The Hall–Kier alpha value is -1.06. The van der Waals surface area contributed by atoms with Crippen LogP contribution in [0.2, 0.25) is 0 Å². The van der Waals surface area contributed by atoms with Crippen LogP contribution >= 0.6 is 0 Å². The van der Waals surface area contributed by atoms with E-state index in [2.05, 4.69) is 34.6 Å². The highest BCUT2D eigenvalue weighted by atomic mass is 16.5. The molecule has 0 rings (SSSR count). The molecule has 34 heavy (non-hydrogen) atoms. The van der Waals surface area contributed by atoms with Gasteiger partial charge in [0.15, 0.2) is 0 Å². The molecule has 0 radical (unpaired) electrons. The summed E-state index contributed by atoms with van der Waals surface area (Å²) in [5.41, 5.74) is 0. The number of carbonyl (C=O) groups excluding carboxylic acids is 2. The molecule has 0 aromatic heterocycles. The summed E-state index contributed by atoms with van der Waals surface area (Å²) in [6, 6.07) is 0. The van der Waals surface area contributed by atoms with Crippen LogP contribution in [0.25, 0.3) is 0 Å². The molecule has 1 atom stereocenters. The highest BCUT2D eigenvalue weighted by molar-refractivity contribution is 5.69. The molecular weight excluding hydrogens is 424 g/mol. The van der Waals surface area contributed by atoms with Crippen molar-refractivity contribution in [1.29, 1.82) is 0 Å². The molecule has 202 valence electrons. The highest BCUT2D eigenvalue weighted by Crippen LogP contribution is 2.20. The minimum atomic E-state index is -0.0296. The smallest absolute Gasteiger partial charge is 0.305 e. The molecule has 1 unspecified atom stereocenters. The van der Waals surface area contributed by atoms with Gasteiger partial charge in [0.05, 0.1) is 13.2 Å². The summed E-state index contributed by atoms with van der Waals surface area (Å²) in [4.78, 5) is 23.3. The zero-order chi connectivity index (χ0) is 25.4. The maximum Gasteiger partial charge on any atom is 0.305 e. The van der Waals surface area contributed by atoms with E-state index in [0.717, 1.165) is 19.3 Å². The molecule has 0 saturated carbocycles. The van der Waals surface area contributed by atoms with E-state index in [9.17, 15) is 9.59 Å². The fourth-order valence-corrected chi connectivity index (χ4v) is 4.19. The summed E-state index contributed by atoms with van der Waals surface area (Å²) in [7, 11) is 0. The second-order valence-electron chi connectivity index (χ2n) is 11.1. The quantitative estimate of drug-likeness (QED) is 0.102. The van der Waals surface area contributed by atoms with Gasteiger partial charge in [-0.05, 0) is 30.6 Å².